The molecule has 1 aliphatic carbocycles. The van der Waals surface area contributed by atoms with Gasteiger partial charge in [-0.1, -0.05) is 12.1 Å². The standard InChI is InChI=1S/C23H26N4/c1-14-10-18(16-5-6-16)11-15(2)22(14)19-7-8-20-23(26-19)27-21(13-25-20)17-4-3-9-24-12-17/h7-8,10-11,13,16-17,24H,3-6,9,12H2,1-2H3/t17-/m1/s1. The van der Waals surface area contributed by atoms with Crippen LogP contribution in [-0.2, 0) is 0 Å². The molecule has 3 heterocycles. The van der Waals surface area contributed by atoms with Gasteiger partial charge in [-0.2, -0.15) is 0 Å². The van der Waals surface area contributed by atoms with Crippen molar-refractivity contribution in [3.8, 4) is 11.3 Å². The minimum Gasteiger partial charge on any atom is -0.316 e. The molecule has 1 saturated carbocycles. The van der Waals surface area contributed by atoms with Crippen LogP contribution in [0.1, 0.15) is 59.9 Å². The molecule has 0 unspecified atom stereocenters. The number of aromatic nitrogens is 3. The van der Waals surface area contributed by atoms with Gasteiger partial charge in [0.2, 0.25) is 0 Å². The van der Waals surface area contributed by atoms with Crippen LogP contribution in [0, 0.1) is 13.8 Å². The molecule has 4 nitrogen and oxygen atoms in total. The third kappa shape index (κ3) is 3.23. The molecule has 0 amide bonds. The van der Waals surface area contributed by atoms with E-state index in [4.69, 9.17) is 9.97 Å². The number of nitrogens with one attached hydrogen (secondary N) is 1. The van der Waals surface area contributed by atoms with Crippen molar-refractivity contribution in [2.45, 2.75) is 51.4 Å². The summed E-state index contributed by atoms with van der Waals surface area (Å²) in [5.41, 5.74) is 9.06. The molecule has 0 bridgehead atoms. The molecule has 4 heteroatoms. The fraction of sp³-hybridized carbons (Fsp3) is 0.435. The van der Waals surface area contributed by atoms with Crippen molar-refractivity contribution in [3.05, 3.63) is 52.8 Å². The van der Waals surface area contributed by atoms with Crippen LogP contribution in [0.5, 0.6) is 0 Å². The van der Waals surface area contributed by atoms with Crippen LogP contribution >= 0.6 is 0 Å². The quantitative estimate of drug-likeness (QED) is 0.740. The maximum atomic E-state index is 4.92. The smallest absolute Gasteiger partial charge is 0.179 e. The normalized spacial score (nSPS) is 20.1. The summed E-state index contributed by atoms with van der Waals surface area (Å²) in [5.74, 6) is 1.22. The number of pyridine rings is 1. The highest BCUT2D eigenvalue weighted by atomic mass is 14.9. The van der Waals surface area contributed by atoms with Gasteiger partial charge in [-0.3, -0.25) is 4.98 Å². The van der Waals surface area contributed by atoms with Crippen molar-refractivity contribution in [2.24, 2.45) is 0 Å². The summed E-state index contributed by atoms with van der Waals surface area (Å²) in [6.45, 7) is 6.50. The molecule has 27 heavy (non-hydrogen) atoms. The average Bonchev–Trinajstić information content (AvgIpc) is 3.53. The fourth-order valence-electron chi connectivity index (χ4n) is 4.40. The minimum absolute atomic E-state index is 0.447. The van der Waals surface area contributed by atoms with Crippen LogP contribution < -0.4 is 5.32 Å². The first-order valence-electron chi connectivity index (χ1n) is 10.1. The Kier molecular flexibility index (Phi) is 4.16. The number of piperidine rings is 1. The van der Waals surface area contributed by atoms with Crippen LogP contribution in [0.15, 0.2) is 30.5 Å². The zero-order valence-corrected chi connectivity index (χ0v) is 16.1. The van der Waals surface area contributed by atoms with Gasteiger partial charge in [0.1, 0.15) is 5.52 Å². The molecular weight excluding hydrogens is 332 g/mol. The zero-order valence-electron chi connectivity index (χ0n) is 16.1. The number of nitrogens with zero attached hydrogens (tertiary/aromatic N) is 3. The van der Waals surface area contributed by atoms with E-state index in [1.807, 2.05) is 6.20 Å². The van der Waals surface area contributed by atoms with Crippen molar-refractivity contribution < 1.29 is 0 Å². The molecule has 1 atom stereocenters. The van der Waals surface area contributed by atoms with Gasteiger partial charge in [-0.05, 0) is 80.8 Å². The van der Waals surface area contributed by atoms with Gasteiger partial charge in [-0.25, -0.2) is 9.97 Å². The summed E-state index contributed by atoms with van der Waals surface area (Å²) in [6.07, 6.45) is 6.97. The third-order valence-electron chi connectivity index (χ3n) is 6.00. The Morgan fingerprint density at radius 3 is 2.48 bits per heavy atom. The van der Waals surface area contributed by atoms with E-state index < -0.39 is 0 Å². The molecule has 0 spiro atoms. The highest BCUT2D eigenvalue weighted by molar-refractivity contribution is 5.77. The van der Waals surface area contributed by atoms with Gasteiger partial charge in [0.05, 0.1) is 11.4 Å². The van der Waals surface area contributed by atoms with E-state index in [-0.39, 0.29) is 0 Å². The maximum Gasteiger partial charge on any atom is 0.179 e. The molecule has 138 valence electrons. The molecule has 2 aliphatic rings. The number of aryl methyl sites for hydroxylation is 2. The summed E-state index contributed by atoms with van der Waals surface area (Å²) < 4.78 is 0. The second-order valence-corrected chi connectivity index (χ2v) is 8.18. The minimum atomic E-state index is 0.447. The lowest BCUT2D eigenvalue weighted by molar-refractivity contribution is 0.454. The molecule has 3 aromatic rings. The highest BCUT2D eigenvalue weighted by Gasteiger charge is 2.25. The predicted octanol–water partition coefficient (Wildman–Crippen LogP) is 4.65. The molecule has 2 fully saturated rings. The first kappa shape index (κ1) is 16.8. The van der Waals surface area contributed by atoms with E-state index in [2.05, 4.69) is 48.4 Å². The maximum absolute atomic E-state index is 4.92. The molecule has 5 rings (SSSR count). The van der Waals surface area contributed by atoms with Crippen LogP contribution in [0.3, 0.4) is 0 Å². The van der Waals surface area contributed by atoms with E-state index in [9.17, 15) is 0 Å². The third-order valence-corrected chi connectivity index (χ3v) is 6.00. The number of rotatable bonds is 3. The van der Waals surface area contributed by atoms with Crippen LogP contribution in [0.25, 0.3) is 22.4 Å². The molecular formula is C23H26N4. The van der Waals surface area contributed by atoms with Crippen LogP contribution in [0.2, 0.25) is 0 Å². The van der Waals surface area contributed by atoms with Crippen LogP contribution in [0.4, 0.5) is 0 Å². The average molecular weight is 358 g/mol. The van der Waals surface area contributed by atoms with Gasteiger partial charge in [0, 0.05) is 24.2 Å². The Hall–Kier alpha value is -2.33. The van der Waals surface area contributed by atoms with Gasteiger partial charge in [0.15, 0.2) is 5.65 Å². The molecule has 1 aliphatic heterocycles. The number of fused-ring (bicyclic) bond motifs is 1. The Bertz CT molecular complexity index is 977. The monoisotopic (exact) mass is 358 g/mol. The lowest BCUT2D eigenvalue weighted by atomic mass is 9.95. The van der Waals surface area contributed by atoms with Gasteiger partial charge < -0.3 is 5.32 Å². The molecule has 0 radical (unpaired) electrons. The first-order chi connectivity index (χ1) is 13.2. The van der Waals surface area contributed by atoms with Gasteiger partial charge in [0.25, 0.3) is 0 Å². The Labute approximate surface area is 160 Å². The predicted molar refractivity (Wildman–Crippen MR) is 109 cm³/mol. The SMILES string of the molecule is Cc1cc(C2CC2)cc(C)c1-c1ccc2ncc([C@@H]3CCCNC3)nc2n1. The van der Waals surface area contributed by atoms with E-state index in [1.165, 1.54) is 47.9 Å². The second kappa shape index (κ2) is 6.68. The summed E-state index contributed by atoms with van der Waals surface area (Å²) in [4.78, 5) is 14.4. The Morgan fingerprint density at radius 1 is 0.963 bits per heavy atom. The molecule has 1 saturated heterocycles. The van der Waals surface area contributed by atoms with Crippen LogP contribution in [-0.4, -0.2) is 28.0 Å². The first-order valence-corrected chi connectivity index (χ1v) is 10.1. The second-order valence-electron chi connectivity index (χ2n) is 8.18. The fourth-order valence-corrected chi connectivity index (χ4v) is 4.40. The number of hydrogen-bond donors (Lipinski definition) is 1. The van der Waals surface area contributed by atoms with Crippen molar-refractivity contribution in [3.63, 3.8) is 0 Å². The molecule has 1 N–H and O–H groups in total. The Balaban J connectivity index is 1.55. The van der Waals surface area contributed by atoms with Crippen molar-refractivity contribution >= 4 is 11.2 Å². The lowest BCUT2D eigenvalue weighted by Gasteiger charge is -2.22. The van der Waals surface area contributed by atoms with Gasteiger partial charge in [-0.15, -0.1) is 0 Å². The number of hydrogen-bond acceptors (Lipinski definition) is 4. The van der Waals surface area contributed by atoms with Crippen molar-refractivity contribution in [1.29, 1.82) is 0 Å². The van der Waals surface area contributed by atoms with Crippen molar-refractivity contribution in [2.75, 3.05) is 13.1 Å². The largest absolute Gasteiger partial charge is 0.316 e. The number of benzene rings is 1. The Morgan fingerprint density at radius 2 is 1.78 bits per heavy atom. The summed E-state index contributed by atoms with van der Waals surface area (Å²) in [7, 11) is 0. The van der Waals surface area contributed by atoms with Crippen molar-refractivity contribution in [1.82, 2.24) is 20.3 Å². The van der Waals surface area contributed by atoms with E-state index in [1.54, 1.807) is 0 Å². The van der Waals surface area contributed by atoms with E-state index >= 15 is 0 Å². The zero-order chi connectivity index (χ0) is 18.4. The molecule has 2 aromatic heterocycles. The topological polar surface area (TPSA) is 50.7 Å². The van der Waals surface area contributed by atoms with Gasteiger partial charge >= 0.3 is 0 Å². The summed E-state index contributed by atoms with van der Waals surface area (Å²) in [6, 6.07) is 8.84. The molecule has 1 aromatic carbocycles. The lowest BCUT2D eigenvalue weighted by Crippen LogP contribution is -2.28. The summed E-state index contributed by atoms with van der Waals surface area (Å²) in [5, 5.41) is 3.46. The highest BCUT2D eigenvalue weighted by Crippen LogP contribution is 2.42. The van der Waals surface area contributed by atoms with E-state index in [0.29, 0.717) is 5.92 Å². The van der Waals surface area contributed by atoms with E-state index in [0.717, 1.165) is 41.6 Å². The summed E-state index contributed by atoms with van der Waals surface area (Å²) >= 11 is 0.